The zero-order chi connectivity index (χ0) is 28.9. The molecule has 3 amide bonds. The van der Waals surface area contributed by atoms with Gasteiger partial charge in [0.1, 0.15) is 29.4 Å². The molecule has 1 aliphatic rings. The molecule has 4 rings (SSSR count). The highest BCUT2D eigenvalue weighted by Crippen LogP contribution is 2.39. The first-order chi connectivity index (χ1) is 19.1. The van der Waals surface area contributed by atoms with Crippen molar-refractivity contribution in [2.75, 3.05) is 38.0 Å². The number of rotatable bonds is 12. The van der Waals surface area contributed by atoms with E-state index in [1.165, 1.54) is 24.6 Å². The van der Waals surface area contributed by atoms with Gasteiger partial charge in [-0.05, 0) is 30.2 Å². The molecule has 1 saturated carbocycles. The quantitative estimate of drug-likeness (QED) is 0.178. The second-order valence-corrected chi connectivity index (χ2v) is 11.2. The Morgan fingerprint density at radius 1 is 1.12 bits per heavy atom. The van der Waals surface area contributed by atoms with Gasteiger partial charge in [0, 0.05) is 42.8 Å². The average molecular weight is 560 g/mol. The van der Waals surface area contributed by atoms with Gasteiger partial charge in [0.25, 0.3) is 11.8 Å². The zero-order valence-electron chi connectivity index (χ0n) is 23.2. The van der Waals surface area contributed by atoms with Crippen LogP contribution in [-0.2, 0) is 9.53 Å². The molecular weight excluding hydrogens is 529 g/mol. The van der Waals surface area contributed by atoms with Crippen LogP contribution < -0.4 is 26.0 Å². The molecule has 3 aromatic rings. The highest BCUT2D eigenvalue weighted by Gasteiger charge is 2.30. The molecule has 0 saturated heterocycles. The van der Waals surface area contributed by atoms with Crippen LogP contribution in [0.3, 0.4) is 0 Å². The van der Waals surface area contributed by atoms with Crippen LogP contribution in [0, 0.1) is 5.92 Å². The van der Waals surface area contributed by atoms with E-state index in [-0.39, 0.29) is 23.6 Å². The number of aromatic nitrogens is 2. The van der Waals surface area contributed by atoms with Crippen molar-refractivity contribution in [3.05, 3.63) is 46.4 Å². The van der Waals surface area contributed by atoms with Crippen molar-refractivity contribution in [3.63, 3.8) is 0 Å². The molecule has 0 spiro atoms. The Hall–Kier alpha value is -3.84. The number of ether oxygens (including phenoxy) is 2. The fraction of sp³-hybridized carbons (Fsp3) is 0.320. The second kappa shape index (κ2) is 12.6. The van der Waals surface area contributed by atoms with Gasteiger partial charge < -0.3 is 30.7 Å². The summed E-state index contributed by atoms with van der Waals surface area (Å²) >= 11 is 1.22. The highest BCUT2D eigenvalue weighted by molar-refractivity contribution is 7.12. The van der Waals surface area contributed by atoms with Crippen LogP contribution in [0.15, 0.2) is 35.8 Å². The summed E-state index contributed by atoms with van der Waals surface area (Å²) in [7, 11) is 8.78. The van der Waals surface area contributed by atoms with Crippen molar-refractivity contribution in [1.29, 1.82) is 0 Å². The first-order valence-electron chi connectivity index (χ1n) is 12.9. The SMILES string of the molecule is BC(B)(B)NC(=O)c1cnc(NC(=O)C2CC2)cc1Nc1cccc(-c2csc(C(=O)NCCOC)n2)c1OC. The molecule has 15 heteroatoms. The van der Waals surface area contributed by atoms with Crippen LogP contribution in [0.25, 0.3) is 11.3 Å². The molecule has 0 bridgehead atoms. The molecule has 11 nitrogen and oxygen atoms in total. The maximum absolute atomic E-state index is 13.2. The first-order valence-corrected chi connectivity index (χ1v) is 13.8. The smallest absolute Gasteiger partial charge is 0.280 e. The van der Waals surface area contributed by atoms with E-state index in [9.17, 15) is 14.4 Å². The van der Waals surface area contributed by atoms with Crippen LogP contribution in [0.4, 0.5) is 17.2 Å². The predicted octanol–water partition coefficient (Wildman–Crippen LogP) is -0.0776. The number of hydrogen-bond acceptors (Lipinski definition) is 9. The molecule has 1 aromatic carbocycles. The summed E-state index contributed by atoms with van der Waals surface area (Å²) in [5.41, 5.74) is 2.54. The lowest BCUT2D eigenvalue weighted by atomic mass is 9.49. The van der Waals surface area contributed by atoms with E-state index in [0.29, 0.717) is 57.9 Å². The van der Waals surface area contributed by atoms with Crippen molar-refractivity contribution in [3.8, 4) is 17.0 Å². The Labute approximate surface area is 239 Å². The molecule has 1 aliphatic carbocycles. The third kappa shape index (κ3) is 7.42. The molecule has 1 fully saturated rings. The van der Waals surface area contributed by atoms with Crippen molar-refractivity contribution in [1.82, 2.24) is 20.6 Å². The number of carbonyl (C=O) groups excluding carboxylic acids is 3. The number of para-hydroxylation sites is 1. The Balaban J connectivity index is 1.66. The summed E-state index contributed by atoms with van der Waals surface area (Å²) in [5.74, 6) is 0.126. The van der Waals surface area contributed by atoms with E-state index < -0.39 is 5.24 Å². The van der Waals surface area contributed by atoms with Gasteiger partial charge in [-0.15, -0.1) is 11.3 Å². The molecule has 2 aromatic heterocycles. The molecule has 4 N–H and O–H groups in total. The first kappa shape index (κ1) is 29.2. The number of hydrogen-bond donors (Lipinski definition) is 4. The summed E-state index contributed by atoms with van der Waals surface area (Å²) in [4.78, 5) is 46.8. The Kier molecular flexibility index (Phi) is 9.16. The molecule has 0 atom stereocenters. The standard InChI is InChI=1S/C25H31B3N6O5S/c1-38-9-8-29-23(37)24-32-18(12-40-24)14-4-3-5-16(20(14)39-2)31-17-10-19(33-21(35)13-6-7-13)30-11-15(17)22(36)34-25(26,27)28/h3-5,10-13H,6-9,26-28H2,1-2H3,(H,29,37)(H,34,36)(H2,30,31,33,35). The number of pyridine rings is 1. The van der Waals surface area contributed by atoms with E-state index >= 15 is 0 Å². The number of nitrogens with one attached hydrogen (secondary N) is 4. The third-order valence-electron chi connectivity index (χ3n) is 5.89. The summed E-state index contributed by atoms with van der Waals surface area (Å²) in [6.07, 6.45) is 3.16. The largest absolute Gasteiger partial charge is 0.494 e. The van der Waals surface area contributed by atoms with Crippen molar-refractivity contribution in [2.24, 2.45) is 5.92 Å². The topological polar surface area (TPSA) is 144 Å². The minimum Gasteiger partial charge on any atom is -0.494 e. The van der Waals surface area contributed by atoms with Gasteiger partial charge in [-0.25, -0.2) is 9.97 Å². The second-order valence-electron chi connectivity index (χ2n) is 10.4. The number of carbonyl (C=O) groups is 3. The molecule has 206 valence electrons. The van der Waals surface area contributed by atoms with Crippen molar-refractivity contribution < 1.29 is 23.9 Å². The number of amides is 3. The third-order valence-corrected chi connectivity index (χ3v) is 6.73. The summed E-state index contributed by atoms with van der Waals surface area (Å²) < 4.78 is 10.7. The van der Waals surface area contributed by atoms with Crippen LogP contribution >= 0.6 is 11.3 Å². The van der Waals surface area contributed by atoms with Gasteiger partial charge in [-0.2, -0.15) is 0 Å². The number of anilines is 3. The average Bonchev–Trinajstić information content (AvgIpc) is 3.64. The highest BCUT2D eigenvalue weighted by atomic mass is 32.1. The molecule has 2 heterocycles. The van der Waals surface area contributed by atoms with E-state index in [1.54, 1.807) is 24.6 Å². The summed E-state index contributed by atoms with van der Waals surface area (Å²) in [5, 5.41) is 13.5. The van der Waals surface area contributed by atoms with Crippen molar-refractivity contribution in [2.45, 2.75) is 18.1 Å². The van der Waals surface area contributed by atoms with Gasteiger partial charge in [0.15, 0.2) is 10.8 Å². The van der Waals surface area contributed by atoms with Crippen LogP contribution in [0.1, 0.15) is 33.0 Å². The number of methoxy groups -OCH3 is 2. The molecule has 0 unspecified atom stereocenters. The molecule has 0 radical (unpaired) electrons. The fourth-order valence-corrected chi connectivity index (χ4v) is 4.57. The minimum absolute atomic E-state index is 0.00362. The van der Waals surface area contributed by atoms with Crippen molar-refractivity contribution >= 4 is 69.8 Å². The number of benzene rings is 1. The van der Waals surface area contributed by atoms with E-state index in [2.05, 4.69) is 31.2 Å². The summed E-state index contributed by atoms with van der Waals surface area (Å²) in [6, 6.07) is 7.10. The maximum Gasteiger partial charge on any atom is 0.280 e. The van der Waals surface area contributed by atoms with E-state index in [4.69, 9.17) is 9.47 Å². The Morgan fingerprint density at radius 3 is 2.58 bits per heavy atom. The monoisotopic (exact) mass is 560 g/mol. The lowest BCUT2D eigenvalue weighted by Crippen LogP contribution is -2.50. The lowest BCUT2D eigenvalue weighted by molar-refractivity contribution is -0.117. The van der Waals surface area contributed by atoms with E-state index in [0.717, 1.165) is 12.8 Å². The van der Waals surface area contributed by atoms with E-state index in [1.807, 2.05) is 35.7 Å². The van der Waals surface area contributed by atoms with Gasteiger partial charge in [-0.3, -0.25) is 14.4 Å². The zero-order valence-corrected chi connectivity index (χ0v) is 24.0. The Morgan fingerprint density at radius 2 is 1.90 bits per heavy atom. The van der Waals surface area contributed by atoms with Crippen LogP contribution in [0.2, 0.25) is 0 Å². The summed E-state index contributed by atoms with van der Waals surface area (Å²) in [6.45, 7) is 0.787. The van der Waals surface area contributed by atoms with Gasteiger partial charge >= 0.3 is 0 Å². The van der Waals surface area contributed by atoms with Crippen LogP contribution in [0.5, 0.6) is 5.75 Å². The molecular formula is C25H31B3N6O5S. The lowest BCUT2D eigenvalue weighted by Gasteiger charge is -2.22. The number of nitrogens with zero attached hydrogens (tertiary/aromatic N) is 2. The minimum atomic E-state index is -0.469. The molecule has 0 aliphatic heterocycles. The number of thiazole rings is 1. The molecule has 40 heavy (non-hydrogen) atoms. The Bertz CT molecular complexity index is 1410. The van der Waals surface area contributed by atoms with Gasteiger partial charge in [-0.1, -0.05) is 6.07 Å². The van der Waals surface area contributed by atoms with Gasteiger partial charge in [0.05, 0.1) is 36.3 Å². The fourth-order valence-electron chi connectivity index (χ4n) is 3.84. The maximum atomic E-state index is 13.2. The predicted molar refractivity (Wildman–Crippen MR) is 163 cm³/mol. The van der Waals surface area contributed by atoms with Crippen LogP contribution in [-0.4, -0.2) is 83.8 Å². The normalized spacial score (nSPS) is 12.8. The van der Waals surface area contributed by atoms with Gasteiger partial charge in [0.2, 0.25) is 5.91 Å².